The van der Waals surface area contributed by atoms with Gasteiger partial charge in [0.15, 0.2) is 0 Å². The van der Waals surface area contributed by atoms with Crippen molar-refractivity contribution in [3.05, 3.63) is 23.5 Å². The molecule has 1 aromatic rings. The molecular formula is C11H18N2O2S. The van der Waals surface area contributed by atoms with Gasteiger partial charge in [-0.25, -0.2) is 8.42 Å². The standard InChI is InChI=1S/C11H18N2O2S/c1-16(14,15)8-7-13-6-5-9-10(12)3-2-4-11(9)13/h5-6,10H,2-4,7-8,12H2,1H3. The van der Waals surface area contributed by atoms with Gasteiger partial charge in [0, 0.05) is 30.7 Å². The van der Waals surface area contributed by atoms with Gasteiger partial charge in [0.25, 0.3) is 0 Å². The van der Waals surface area contributed by atoms with Crippen LogP contribution in [0.15, 0.2) is 12.3 Å². The lowest BCUT2D eigenvalue weighted by Gasteiger charge is -2.20. The van der Waals surface area contributed by atoms with Crippen LogP contribution in [-0.2, 0) is 22.8 Å². The molecule has 1 heterocycles. The van der Waals surface area contributed by atoms with Crippen molar-refractivity contribution in [1.82, 2.24) is 4.57 Å². The second kappa shape index (κ2) is 4.22. The van der Waals surface area contributed by atoms with E-state index in [4.69, 9.17) is 5.73 Å². The van der Waals surface area contributed by atoms with Crippen LogP contribution in [0.5, 0.6) is 0 Å². The third-order valence-corrected chi connectivity index (χ3v) is 4.07. The molecule has 2 rings (SSSR count). The Morgan fingerprint density at radius 3 is 3.00 bits per heavy atom. The lowest BCUT2D eigenvalue weighted by atomic mass is 9.94. The zero-order valence-corrected chi connectivity index (χ0v) is 10.3. The molecule has 1 aromatic heterocycles. The van der Waals surface area contributed by atoms with Crippen molar-refractivity contribution in [2.24, 2.45) is 5.73 Å². The fourth-order valence-corrected chi connectivity index (χ4v) is 2.79. The third-order valence-electron chi connectivity index (χ3n) is 3.15. The van der Waals surface area contributed by atoms with E-state index in [1.807, 2.05) is 16.8 Å². The maximum Gasteiger partial charge on any atom is 0.149 e. The Labute approximate surface area is 96.4 Å². The predicted octanol–water partition coefficient (Wildman–Crippen LogP) is 0.869. The molecule has 0 spiro atoms. The van der Waals surface area contributed by atoms with Gasteiger partial charge < -0.3 is 10.3 Å². The van der Waals surface area contributed by atoms with Crippen LogP contribution in [0.2, 0.25) is 0 Å². The minimum absolute atomic E-state index is 0.128. The minimum atomic E-state index is -2.89. The molecule has 1 unspecified atom stereocenters. The van der Waals surface area contributed by atoms with E-state index in [0.29, 0.717) is 6.54 Å². The number of fused-ring (bicyclic) bond motifs is 1. The first kappa shape index (κ1) is 11.7. The van der Waals surface area contributed by atoms with Crippen LogP contribution in [0.1, 0.15) is 30.1 Å². The average molecular weight is 242 g/mol. The van der Waals surface area contributed by atoms with Crippen LogP contribution in [-0.4, -0.2) is 25.0 Å². The van der Waals surface area contributed by atoms with Crippen molar-refractivity contribution < 1.29 is 8.42 Å². The van der Waals surface area contributed by atoms with E-state index in [9.17, 15) is 8.42 Å². The number of rotatable bonds is 3. The SMILES string of the molecule is CS(=O)(=O)CCn1ccc2c1CCCC2N. The normalized spacial score (nSPS) is 20.8. The zero-order chi connectivity index (χ0) is 11.8. The van der Waals surface area contributed by atoms with E-state index in [1.54, 1.807) is 0 Å². The number of hydrogen-bond acceptors (Lipinski definition) is 3. The van der Waals surface area contributed by atoms with Crippen molar-refractivity contribution in [3.8, 4) is 0 Å². The van der Waals surface area contributed by atoms with Gasteiger partial charge in [-0.15, -0.1) is 0 Å². The van der Waals surface area contributed by atoms with Gasteiger partial charge in [-0.3, -0.25) is 0 Å². The van der Waals surface area contributed by atoms with Crippen molar-refractivity contribution in [2.75, 3.05) is 12.0 Å². The molecule has 1 aliphatic rings. The molecule has 0 fully saturated rings. The van der Waals surface area contributed by atoms with Crippen LogP contribution in [0, 0.1) is 0 Å². The molecule has 4 nitrogen and oxygen atoms in total. The van der Waals surface area contributed by atoms with Crippen LogP contribution < -0.4 is 5.73 Å². The van der Waals surface area contributed by atoms with Gasteiger partial charge in [-0.05, 0) is 30.9 Å². The molecule has 0 radical (unpaired) electrons. The molecule has 0 bridgehead atoms. The highest BCUT2D eigenvalue weighted by Crippen LogP contribution is 2.28. The number of aryl methyl sites for hydroxylation is 1. The van der Waals surface area contributed by atoms with E-state index >= 15 is 0 Å². The highest BCUT2D eigenvalue weighted by atomic mass is 32.2. The van der Waals surface area contributed by atoms with Crippen molar-refractivity contribution in [2.45, 2.75) is 31.8 Å². The second-order valence-corrected chi connectivity index (χ2v) is 6.80. The predicted molar refractivity (Wildman–Crippen MR) is 64.0 cm³/mol. The average Bonchev–Trinajstić information content (AvgIpc) is 2.58. The summed E-state index contributed by atoms with van der Waals surface area (Å²) in [4.78, 5) is 0. The van der Waals surface area contributed by atoms with Gasteiger partial charge in [-0.2, -0.15) is 0 Å². The van der Waals surface area contributed by atoms with Gasteiger partial charge >= 0.3 is 0 Å². The van der Waals surface area contributed by atoms with Crippen LogP contribution in [0.25, 0.3) is 0 Å². The molecule has 0 saturated carbocycles. The van der Waals surface area contributed by atoms with Crippen LogP contribution in [0.3, 0.4) is 0 Å². The quantitative estimate of drug-likeness (QED) is 0.855. The van der Waals surface area contributed by atoms with Crippen molar-refractivity contribution in [3.63, 3.8) is 0 Å². The van der Waals surface area contributed by atoms with E-state index < -0.39 is 9.84 Å². The summed E-state index contributed by atoms with van der Waals surface area (Å²) in [5.41, 5.74) is 8.43. The zero-order valence-electron chi connectivity index (χ0n) is 9.52. The third kappa shape index (κ3) is 2.47. The lowest BCUT2D eigenvalue weighted by molar-refractivity contribution is 0.542. The summed E-state index contributed by atoms with van der Waals surface area (Å²) in [5, 5.41) is 0. The van der Waals surface area contributed by atoms with E-state index in [-0.39, 0.29) is 11.8 Å². The molecule has 0 aromatic carbocycles. The fraction of sp³-hybridized carbons (Fsp3) is 0.636. The Kier molecular flexibility index (Phi) is 3.08. The summed E-state index contributed by atoms with van der Waals surface area (Å²) in [6, 6.07) is 2.16. The molecule has 0 aliphatic heterocycles. The maximum absolute atomic E-state index is 11.1. The Bertz CT molecular complexity index is 476. The molecule has 5 heteroatoms. The Balaban J connectivity index is 2.17. The number of nitrogens with two attached hydrogens (primary N) is 1. The van der Waals surface area contributed by atoms with Gasteiger partial charge in [0.2, 0.25) is 0 Å². The summed E-state index contributed by atoms with van der Waals surface area (Å²) in [7, 11) is -2.89. The first-order valence-corrected chi connectivity index (χ1v) is 7.64. The second-order valence-electron chi connectivity index (χ2n) is 4.54. The number of aromatic nitrogens is 1. The first-order valence-electron chi connectivity index (χ1n) is 5.58. The topological polar surface area (TPSA) is 65.1 Å². The van der Waals surface area contributed by atoms with E-state index in [0.717, 1.165) is 19.3 Å². The summed E-state index contributed by atoms with van der Waals surface area (Å²) in [5.74, 6) is 0.198. The highest BCUT2D eigenvalue weighted by molar-refractivity contribution is 7.90. The van der Waals surface area contributed by atoms with Gasteiger partial charge in [0.1, 0.15) is 9.84 Å². The molecule has 16 heavy (non-hydrogen) atoms. The molecule has 1 atom stereocenters. The smallest absolute Gasteiger partial charge is 0.149 e. The Hall–Kier alpha value is -0.810. The maximum atomic E-state index is 11.1. The fourth-order valence-electron chi connectivity index (χ4n) is 2.27. The van der Waals surface area contributed by atoms with Crippen molar-refractivity contribution in [1.29, 1.82) is 0 Å². The highest BCUT2D eigenvalue weighted by Gasteiger charge is 2.20. The molecule has 90 valence electrons. The minimum Gasteiger partial charge on any atom is -0.350 e. The summed E-state index contributed by atoms with van der Waals surface area (Å²) >= 11 is 0. The van der Waals surface area contributed by atoms with E-state index in [1.165, 1.54) is 17.5 Å². The number of hydrogen-bond donors (Lipinski definition) is 1. The largest absolute Gasteiger partial charge is 0.350 e. The molecule has 0 amide bonds. The van der Waals surface area contributed by atoms with Crippen LogP contribution in [0.4, 0.5) is 0 Å². The van der Waals surface area contributed by atoms with Gasteiger partial charge in [0.05, 0.1) is 5.75 Å². The molecular weight excluding hydrogens is 224 g/mol. The molecule has 1 aliphatic carbocycles. The van der Waals surface area contributed by atoms with Crippen LogP contribution >= 0.6 is 0 Å². The summed E-state index contributed by atoms with van der Waals surface area (Å²) in [6.45, 7) is 0.543. The summed E-state index contributed by atoms with van der Waals surface area (Å²) < 4.78 is 24.3. The van der Waals surface area contributed by atoms with Crippen molar-refractivity contribution >= 4 is 9.84 Å². The lowest BCUT2D eigenvalue weighted by Crippen LogP contribution is -2.19. The Morgan fingerprint density at radius 2 is 2.31 bits per heavy atom. The monoisotopic (exact) mass is 242 g/mol. The molecule has 2 N–H and O–H groups in total. The summed E-state index contributed by atoms with van der Waals surface area (Å²) in [6.07, 6.45) is 6.37. The Morgan fingerprint density at radius 1 is 1.56 bits per heavy atom. The molecule has 0 saturated heterocycles. The van der Waals surface area contributed by atoms with E-state index in [2.05, 4.69) is 0 Å². The first-order chi connectivity index (χ1) is 7.47. The van der Waals surface area contributed by atoms with Gasteiger partial charge in [-0.1, -0.05) is 0 Å². The number of nitrogens with zero attached hydrogens (tertiary/aromatic N) is 1. The number of sulfone groups is 1.